The minimum absolute atomic E-state index is 0.222. The summed E-state index contributed by atoms with van der Waals surface area (Å²) in [7, 11) is -3.22. The minimum atomic E-state index is -3.22. The molecule has 140 valence electrons. The molecule has 0 fully saturated rings. The smallest absolute Gasteiger partial charge is 0.231 e. The molecular weight excluding hydrogens is 356 g/mol. The fourth-order valence-corrected chi connectivity index (χ4v) is 3.71. The van der Waals surface area contributed by atoms with Gasteiger partial charge in [-0.05, 0) is 36.2 Å². The van der Waals surface area contributed by atoms with E-state index in [0.29, 0.717) is 0 Å². The van der Waals surface area contributed by atoms with Crippen LogP contribution < -0.4 is 14.2 Å². The lowest BCUT2D eigenvalue weighted by Crippen LogP contribution is -2.33. The molecule has 0 saturated heterocycles. The van der Waals surface area contributed by atoms with Gasteiger partial charge in [-0.15, -0.1) is 0 Å². The molecule has 0 unspecified atom stereocenters. The molecule has 1 aromatic heterocycles. The van der Waals surface area contributed by atoms with Crippen LogP contribution in [0.3, 0.4) is 0 Å². The van der Waals surface area contributed by atoms with Crippen molar-refractivity contribution in [1.29, 1.82) is 0 Å². The van der Waals surface area contributed by atoms with Gasteiger partial charge in [0.25, 0.3) is 0 Å². The maximum atomic E-state index is 11.2. The van der Waals surface area contributed by atoms with Crippen molar-refractivity contribution in [1.82, 2.24) is 19.4 Å². The van der Waals surface area contributed by atoms with Gasteiger partial charge in [-0.25, -0.2) is 13.1 Å². The van der Waals surface area contributed by atoms with Crippen molar-refractivity contribution in [3.05, 3.63) is 40.7 Å². The molecule has 0 amide bonds. The summed E-state index contributed by atoms with van der Waals surface area (Å²) in [6.07, 6.45) is 1.15. The van der Waals surface area contributed by atoms with Crippen molar-refractivity contribution >= 4 is 10.0 Å². The lowest BCUT2D eigenvalue weighted by molar-refractivity contribution is 0.173. The van der Waals surface area contributed by atoms with Gasteiger partial charge in [0, 0.05) is 19.6 Å². The van der Waals surface area contributed by atoms with E-state index in [0.717, 1.165) is 55.3 Å². The van der Waals surface area contributed by atoms with Gasteiger partial charge in [0.05, 0.1) is 30.7 Å². The Labute approximate surface area is 152 Å². The van der Waals surface area contributed by atoms with E-state index in [1.54, 1.807) is 0 Å². The summed E-state index contributed by atoms with van der Waals surface area (Å²) in [5.74, 6) is 1.62. The maximum absolute atomic E-state index is 11.2. The number of aryl methyl sites for hydroxylation is 1. The van der Waals surface area contributed by atoms with E-state index in [2.05, 4.69) is 27.7 Å². The Bertz CT molecular complexity index is 938. The van der Waals surface area contributed by atoms with Gasteiger partial charge < -0.3 is 9.47 Å². The quantitative estimate of drug-likeness (QED) is 0.835. The number of nitrogens with one attached hydrogen (secondary N) is 1. The van der Waals surface area contributed by atoms with Gasteiger partial charge in [0.1, 0.15) is 0 Å². The first-order valence-corrected chi connectivity index (χ1v) is 10.4. The van der Waals surface area contributed by atoms with E-state index in [1.165, 1.54) is 11.1 Å². The number of aromatic nitrogens is 2. The molecule has 0 aliphatic carbocycles. The summed E-state index contributed by atoms with van der Waals surface area (Å²) in [4.78, 5) is 2.36. The van der Waals surface area contributed by atoms with Crippen LogP contribution in [-0.2, 0) is 36.2 Å². The average Bonchev–Trinajstić information content (AvgIpc) is 3.18. The summed E-state index contributed by atoms with van der Waals surface area (Å²) in [6.45, 7) is 5.87. The van der Waals surface area contributed by atoms with Crippen LogP contribution in [0.1, 0.15) is 22.5 Å². The summed E-state index contributed by atoms with van der Waals surface area (Å²) in [5.41, 5.74) is 4.25. The average molecular weight is 378 g/mol. The highest BCUT2D eigenvalue weighted by atomic mass is 32.2. The molecule has 2 aliphatic rings. The van der Waals surface area contributed by atoms with Crippen molar-refractivity contribution in [3.8, 4) is 11.5 Å². The second-order valence-corrected chi connectivity index (χ2v) is 8.62. The van der Waals surface area contributed by atoms with Gasteiger partial charge in [-0.2, -0.15) is 5.10 Å². The first kappa shape index (κ1) is 17.3. The van der Waals surface area contributed by atoms with Gasteiger partial charge in [0.15, 0.2) is 11.5 Å². The molecule has 9 heteroatoms. The topological polar surface area (TPSA) is 85.7 Å². The Morgan fingerprint density at radius 2 is 1.96 bits per heavy atom. The summed E-state index contributed by atoms with van der Waals surface area (Å²) in [5, 5.41) is 4.49. The van der Waals surface area contributed by atoms with E-state index in [4.69, 9.17) is 9.47 Å². The Morgan fingerprint density at radius 1 is 1.19 bits per heavy atom. The molecule has 2 aromatic rings. The summed E-state index contributed by atoms with van der Waals surface area (Å²) in [6, 6.07) is 6.06. The molecule has 1 N–H and O–H groups in total. The molecule has 2 aliphatic heterocycles. The number of fused-ring (bicyclic) bond motifs is 2. The van der Waals surface area contributed by atoms with E-state index in [9.17, 15) is 8.42 Å². The Morgan fingerprint density at radius 3 is 2.73 bits per heavy atom. The number of ether oxygens (including phenoxy) is 2. The van der Waals surface area contributed by atoms with Crippen LogP contribution in [0.15, 0.2) is 18.2 Å². The predicted octanol–water partition coefficient (Wildman–Crippen LogP) is 0.985. The number of benzene rings is 1. The third kappa shape index (κ3) is 3.69. The highest BCUT2D eigenvalue weighted by Crippen LogP contribution is 2.35. The van der Waals surface area contributed by atoms with Crippen molar-refractivity contribution < 1.29 is 17.9 Å². The van der Waals surface area contributed by atoms with Crippen LogP contribution in [0.25, 0.3) is 0 Å². The van der Waals surface area contributed by atoms with E-state index in [1.807, 2.05) is 16.8 Å². The van der Waals surface area contributed by atoms with Crippen LogP contribution in [-0.4, -0.2) is 42.7 Å². The highest BCUT2D eigenvalue weighted by Gasteiger charge is 2.21. The van der Waals surface area contributed by atoms with E-state index >= 15 is 0 Å². The molecule has 1 aromatic carbocycles. The van der Waals surface area contributed by atoms with Crippen molar-refractivity contribution in [2.45, 2.75) is 33.1 Å². The SMILES string of the molecule is Cc1cc2c(cc1CN1CCn3nc(CNS(C)(=O)=O)cc3C1)OCO2. The van der Waals surface area contributed by atoms with E-state index < -0.39 is 10.0 Å². The molecular formula is C17H22N4O4S. The number of hydrogen-bond donors (Lipinski definition) is 1. The zero-order valence-corrected chi connectivity index (χ0v) is 15.7. The number of nitrogens with zero attached hydrogens (tertiary/aromatic N) is 3. The van der Waals surface area contributed by atoms with Crippen LogP contribution in [0.2, 0.25) is 0 Å². The third-order valence-corrected chi connectivity index (χ3v) is 5.34. The normalized spacial score (nSPS) is 16.7. The van der Waals surface area contributed by atoms with Crippen molar-refractivity contribution in [2.75, 3.05) is 19.6 Å². The van der Waals surface area contributed by atoms with Gasteiger partial charge in [0.2, 0.25) is 16.8 Å². The molecule has 4 rings (SSSR count). The largest absolute Gasteiger partial charge is 0.454 e. The fourth-order valence-electron chi connectivity index (χ4n) is 3.30. The summed E-state index contributed by atoms with van der Waals surface area (Å²) < 4.78 is 37.8. The van der Waals surface area contributed by atoms with Gasteiger partial charge in [-0.3, -0.25) is 9.58 Å². The first-order valence-electron chi connectivity index (χ1n) is 8.49. The Kier molecular flexibility index (Phi) is 4.37. The lowest BCUT2D eigenvalue weighted by Gasteiger charge is -2.28. The minimum Gasteiger partial charge on any atom is -0.454 e. The first-order chi connectivity index (χ1) is 12.4. The van der Waals surface area contributed by atoms with Gasteiger partial charge >= 0.3 is 0 Å². The summed E-state index contributed by atoms with van der Waals surface area (Å²) >= 11 is 0. The van der Waals surface area contributed by atoms with Crippen LogP contribution in [0.4, 0.5) is 0 Å². The number of rotatable bonds is 5. The predicted molar refractivity (Wildman–Crippen MR) is 95.3 cm³/mol. The second kappa shape index (κ2) is 6.57. The zero-order valence-electron chi connectivity index (χ0n) is 14.9. The Balaban J connectivity index is 1.45. The molecule has 8 nitrogen and oxygen atoms in total. The van der Waals surface area contributed by atoms with Crippen LogP contribution in [0, 0.1) is 6.92 Å². The molecule has 26 heavy (non-hydrogen) atoms. The highest BCUT2D eigenvalue weighted by molar-refractivity contribution is 7.88. The molecule has 0 radical (unpaired) electrons. The fraction of sp³-hybridized carbons (Fsp3) is 0.471. The maximum Gasteiger partial charge on any atom is 0.231 e. The standard InChI is InChI=1S/C17H22N4O4S/c1-12-5-16-17(25-11-24-16)6-13(12)9-20-3-4-21-15(10-20)7-14(19-21)8-18-26(2,22)23/h5-7,18H,3-4,8-11H2,1-2H3. The van der Waals surface area contributed by atoms with Crippen molar-refractivity contribution in [2.24, 2.45) is 0 Å². The number of hydrogen-bond acceptors (Lipinski definition) is 6. The molecule has 0 spiro atoms. The molecule has 0 saturated carbocycles. The Hall–Kier alpha value is -2.10. The second-order valence-electron chi connectivity index (χ2n) is 6.79. The van der Waals surface area contributed by atoms with Gasteiger partial charge in [-0.1, -0.05) is 0 Å². The molecule has 3 heterocycles. The lowest BCUT2D eigenvalue weighted by atomic mass is 10.1. The monoisotopic (exact) mass is 378 g/mol. The van der Waals surface area contributed by atoms with Crippen LogP contribution >= 0.6 is 0 Å². The van der Waals surface area contributed by atoms with Crippen molar-refractivity contribution in [3.63, 3.8) is 0 Å². The molecule has 0 atom stereocenters. The number of sulfonamides is 1. The molecule has 0 bridgehead atoms. The van der Waals surface area contributed by atoms with E-state index in [-0.39, 0.29) is 13.3 Å². The zero-order chi connectivity index (χ0) is 18.3. The third-order valence-electron chi connectivity index (χ3n) is 4.67. The van der Waals surface area contributed by atoms with Crippen LogP contribution in [0.5, 0.6) is 11.5 Å².